The molecule has 0 aliphatic heterocycles. The van der Waals surface area contributed by atoms with Crippen molar-refractivity contribution >= 4 is 45.2 Å². The van der Waals surface area contributed by atoms with Gasteiger partial charge in [-0.05, 0) is 130 Å². The van der Waals surface area contributed by atoms with E-state index < -0.39 is 0 Å². The molecule has 10 aromatic rings. The first-order valence-corrected chi connectivity index (χ1v) is 19.8. The van der Waals surface area contributed by atoms with E-state index in [0.717, 1.165) is 62.0 Å². The van der Waals surface area contributed by atoms with Crippen molar-refractivity contribution < 1.29 is 0 Å². The Morgan fingerprint density at radius 2 is 0.492 bits per heavy atom. The van der Waals surface area contributed by atoms with Crippen molar-refractivity contribution in [1.29, 1.82) is 0 Å². The topological polar surface area (TPSA) is 37.2 Å². The first-order valence-electron chi connectivity index (χ1n) is 19.8. The second-order valence-corrected chi connectivity index (χ2v) is 14.4. The summed E-state index contributed by atoms with van der Waals surface area (Å²) < 4.78 is 0. The van der Waals surface area contributed by atoms with Gasteiger partial charge in [0.05, 0.1) is 5.69 Å². The van der Waals surface area contributed by atoms with Gasteiger partial charge in [0.25, 0.3) is 0 Å². The molecule has 0 atom stereocenters. The number of aromatic nitrogens is 3. The van der Waals surface area contributed by atoms with Crippen LogP contribution in [0.1, 0.15) is 0 Å². The van der Waals surface area contributed by atoms with E-state index in [-0.39, 0.29) is 0 Å². The molecule has 0 spiro atoms. The second-order valence-electron chi connectivity index (χ2n) is 14.4. The fourth-order valence-corrected chi connectivity index (χ4v) is 7.65. The quantitative estimate of drug-likeness (QED) is 0.139. The first kappa shape index (κ1) is 35.4. The van der Waals surface area contributed by atoms with Gasteiger partial charge in [0.15, 0.2) is 0 Å². The minimum Gasteiger partial charge on any atom is -0.311 e. The Morgan fingerprint density at radius 3 is 0.847 bits per heavy atom. The van der Waals surface area contributed by atoms with Crippen molar-refractivity contribution in [2.75, 3.05) is 9.80 Å². The Hall–Kier alpha value is -8.02. The highest BCUT2D eigenvalue weighted by Gasteiger charge is 2.16. The molecule has 9 aromatic carbocycles. The van der Waals surface area contributed by atoms with Gasteiger partial charge in [-0.25, -0.2) is 0 Å². The Kier molecular flexibility index (Phi) is 9.51. The summed E-state index contributed by atoms with van der Waals surface area (Å²) in [6.07, 6.45) is 0. The highest BCUT2D eigenvalue weighted by Crippen LogP contribution is 2.39. The maximum atomic E-state index is 4.67. The maximum absolute atomic E-state index is 4.67. The normalized spacial score (nSPS) is 11.1. The standard InChI is InChI=1S/C54H39N5/c1-4-12-40(13-5-1)41-20-22-42(23-21-41)43-24-30-48(31-25-43)57(46-14-6-2-7-15-46)49-32-26-44(27-33-49)45-28-34-50(35-29-45)58(47-16-8-3-9-17-47)51-36-38-52(39-37-51)59-55-53-18-10-11-19-54(53)56-59/h1-39H. The molecule has 0 amide bonds. The number of hydrogen-bond donors (Lipinski definition) is 0. The van der Waals surface area contributed by atoms with E-state index in [1.807, 2.05) is 30.3 Å². The van der Waals surface area contributed by atoms with Gasteiger partial charge in [-0.15, -0.1) is 10.2 Å². The predicted molar refractivity (Wildman–Crippen MR) is 245 cm³/mol. The molecule has 0 saturated heterocycles. The van der Waals surface area contributed by atoms with Crippen molar-refractivity contribution in [2.45, 2.75) is 0 Å². The SMILES string of the molecule is c1ccc(-c2ccc(-c3ccc(N(c4ccccc4)c4ccc(-c5ccc(N(c6ccccc6)c6ccc(-n7nc8ccccc8n7)cc6)cc5)cc4)cc3)cc2)cc1. The molecule has 5 heteroatoms. The average Bonchev–Trinajstić information content (AvgIpc) is 3.76. The lowest BCUT2D eigenvalue weighted by Crippen LogP contribution is -2.10. The second kappa shape index (κ2) is 15.8. The Balaban J connectivity index is 0.904. The Morgan fingerprint density at radius 1 is 0.237 bits per heavy atom. The van der Waals surface area contributed by atoms with Gasteiger partial charge in [-0.2, -0.15) is 4.80 Å². The minimum atomic E-state index is 0.873. The summed E-state index contributed by atoms with van der Waals surface area (Å²) in [6, 6.07) is 83.1. The van der Waals surface area contributed by atoms with Gasteiger partial charge in [0.2, 0.25) is 0 Å². The van der Waals surface area contributed by atoms with Gasteiger partial charge in [0.1, 0.15) is 11.0 Å². The van der Waals surface area contributed by atoms with E-state index in [0.29, 0.717) is 0 Å². The molecule has 59 heavy (non-hydrogen) atoms. The Labute approximate surface area is 344 Å². The van der Waals surface area contributed by atoms with Crippen molar-refractivity contribution in [3.63, 3.8) is 0 Å². The van der Waals surface area contributed by atoms with Gasteiger partial charge in [0, 0.05) is 34.1 Å². The number of fused-ring (bicyclic) bond motifs is 1. The van der Waals surface area contributed by atoms with Crippen LogP contribution in [-0.2, 0) is 0 Å². The van der Waals surface area contributed by atoms with Crippen LogP contribution in [-0.4, -0.2) is 15.0 Å². The summed E-state index contributed by atoms with van der Waals surface area (Å²) in [7, 11) is 0. The van der Waals surface area contributed by atoms with Crippen LogP contribution in [0.15, 0.2) is 237 Å². The van der Waals surface area contributed by atoms with Gasteiger partial charge < -0.3 is 9.80 Å². The third-order valence-electron chi connectivity index (χ3n) is 10.7. The van der Waals surface area contributed by atoms with Crippen LogP contribution in [0.3, 0.4) is 0 Å². The van der Waals surface area contributed by atoms with Gasteiger partial charge >= 0.3 is 0 Å². The summed E-state index contributed by atoms with van der Waals surface area (Å²) in [5.74, 6) is 0. The number of hydrogen-bond acceptors (Lipinski definition) is 4. The van der Waals surface area contributed by atoms with E-state index >= 15 is 0 Å². The fourth-order valence-electron chi connectivity index (χ4n) is 7.65. The van der Waals surface area contributed by atoms with Crippen molar-refractivity contribution in [2.24, 2.45) is 0 Å². The lowest BCUT2D eigenvalue weighted by Gasteiger charge is -2.26. The van der Waals surface area contributed by atoms with Crippen molar-refractivity contribution in [3.8, 4) is 39.1 Å². The highest BCUT2D eigenvalue weighted by atomic mass is 15.5. The van der Waals surface area contributed by atoms with E-state index in [2.05, 4.69) is 226 Å². The largest absolute Gasteiger partial charge is 0.311 e. The molecule has 1 heterocycles. The zero-order valence-electron chi connectivity index (χ0n) is 32.3. The lowest BCUT2D eigenvalue weighted by molar-refractivity contribution is 0.766. The van der Waals surface area contributed by atoms with E-state index in [1.165, 1.54) is 22.3 Å². The summed E-state index contributed by atoms with van der Waals surface area (Å²) in [6.45, 7) is 0. The molecule has 10 rings (SSSR count). The van der Waals surface area contributed by atoms with Crippen LogP contribution in [0.4, 0.5) is 34.1 Å². The molecular weight excluding hydrogens is 719 g/mol. The molecule has 0 bridgehead atoms. The molecule has 0 aliphatic carbocycles. The van der Waals surface area contributed by atoms with E-state index in [1.54, 1.807) is 4.80 Å². The predicted octanol–water partition coefficient (Wildman–Crippen LogP) is 14.4. The number of anilines is 6. The Bertz CT molecular complexity index is 2890. The van der Waals surface area contributed by atoms with Crippen LogP contribution < -0.4 is 9.80 Å². The summed E-state index contributed by atoms with van der Waals surface area (Å²) in [5.41, 5.74) is 16.3. The zero-order valence-corrected chi connectivity index (χ0v) is 32.3. The number of rotatable bonds is 10. The van der Waals surface area contributed by atoms with Crippen molar-refractivity contribution in [3.05, 3.63) is 237 Å². The minimum absolute atomic E-state index is 0.873. The van der Waals surface area contributed by atoms with E-state index in [4.69, 9.17) is 0 Å². The van der Waals surface area contributed by atoms with Gasteiger partial charge in [-0.1, -0.05) is 140 Å². The number of benzene rings is 9. The molecule has 1 aromatic heterocycles. The van der Waals surface area contributed by atoms with Crippen LogP contribution in [0.5, 0.6) is 0 Å². The number of para-hydroxylation sites is 2. The summed E-state index contributed by atoms with van der Waals surface area (Å²) in [4.78, 5) is 6.28. The third-order valence-corrected chi connectivity index (χ3v) is 10.7. The molecule has 5 nitrogen and oxygen atoms in total. The number of nitrogens with zero attached hydrogens (tertiary/aromatic N) is 5. The molecule has 0 saturated carbocycles. The van der Waals surface area contributed by atoms with Crippen molar-refractivity contribution in [1.82, 2.24) is 15.0 Å². The molecule has 0 radical (unpaired) electrons. The fraction of sp³-hybridized carbons (Fsp3) is 0. The molecule has 0 unspecified atom stereocenters. The van der Waals surface area contributed by atoms with Crippen LogP contribution in [0.2, 0.25) is 0 Å². The molecule has 0 N–H and O–H groups in total. The molecule has 280 valence electrons. The van der Waals surface area contributed by atoms with Crippen LogP contribution in [0, 0.1) is 0 Å². The third kappa shape index (κ3) is 7.37. The summed E-state index contributed by atoms with van der Waals surface area (Å²) >= 11 is 0. The summed E-state index contributed by atoms with van der Waals surface area (Å²) in [5, 5.41) is 9.34. The molecule has 0 fully saturated rings. The smallest absolute Gasteiger partial charge is 0.113 e. The average molecular weight is 758 g/mol. The monoisotopic (exact) mass is 757 g/mol. The zero-order chi connectivity index (χ0) is 39.4. The highest BCUT2D eigenvalue weighted by molar-refractivity contribution is 5.82. The van der Waals surface area contributed by atoms with E-state index in [9.17, 15) is 0 Å². The van der Waals surface area contributed by atoms with Crippen LogP contribution >= 0.6 is 0 Å². The lowest BCUT2D eigenvalue weighted by atomic mass is 10.00. The molecule has 0 aliphatic rings. The maximum Gasteiger partial charge on any atom is 0.113 e. The van der Waals surface area contributed by atoms with Crippen LogP contribution in [0.25, 0.3) is 50.1 Å². The van der Waals surface area contributed by atoms with Gasteiger partial charge in [-0.3, -0.25) is 0 Å². The first-order chi connectivity index (χ1) is 29.2. The molecular formula is C54H39N5.